The Bertz CT molecular complexity index is 950. The Morgan fingerprint density at radius 3 is 2.50 bits per heavy atom. The molecule has 6 nitrogen and oxygen atoms in total. The number of hydrogen-bond acceptors (Lipinski definition) is 2. The lowest BCUT2D eigenvalue weighted by Crippen LogP contribution is -2.50. The number of benzene rings is 1. The molecule has 36 heavy (non-hydrogen) atoms. The molecule has 0 bridgehead atoms. The smallest absolute Gasteiger partial charge is 0.317 e. The Kier molecular flexibility index (Phi) is 10.8. The summed E-state index contributed by atoms with van der Waals surface area (Å²) in [6.45, 7) is 8.61. The number of amides is 3. The fourth-order valence-electron chi connectivity index (χ4n) is 4.92. The summed E-state index contributed by atoms with van der Waals surface area (Å²) >= 11 is 0. The number of unbranched alkanes of at least 4 members (excludes halogenated alkanes) is 1. The summed E-state index contributed by atoms with van der Waals surface area (Å²) in [4.78, 5) is 30.3. The molecule has 1 N–H and O–H groups in total. The number of aromatic nitrogens is 1. The Labute approximate surface area is 215 Å². The Hall–Kier alpha value is -2.83. The van der Waals surface area contributed by atoms with Crippen molar-refractivity contribution in [1.29, 1.82) is 0 Å². The van der Waals surface area contributed by atoms with Gasteiger partial charge in [0.2, 0.25) is 5.91 Å². The molecule has 1 heterocycles. The number of carbonyl (C=O) groups is 2. The number of nitrogens with zero attached hydrogens (tertiary/aromatic N) is 3. The van der Waals surface area contributed by atoms with Gasteiger partial charge in [0, 0.05) is 37.6 Å². The lowest BCUT2D eigenvalue weighted by Gasteiger charge is -2.36. The van der Waals surface area contributed by atoms with Crippen molar-refractivity contribution in [2.45, 2.75) is 84.8 Å². The van der Waals surface area contributed by atoms with Crippen molar-refractivity contribution in [3.63, 3.8) is 0 Å². The van der Waals surface area contributed by atoms with Crippen LogP contribution in [-0.2, 0) is 17.9 Å². The summed E-state index contributed by atoms with van der Waals surface area (Å²) in [5, 5.41) is 2.98. The molecule has 198 valence electrons. The molecule has 1 aliphatic rings. The second kappa shape index (κ2) is 14.0. The minimum Gasteiger partial charge on any atom is -0.345 e. The van der Waals surface area contributed by atoms with Crippen molar-refractivity contribution in [3.8, 4) is 0 Å². The second-order valence-corrected chi connectivity index (χ2v) is 10.4. The second-order valence-electron chi connectivity index (χ2n) is 10.4. The van der Waals surface area contributed by atoms with Gasteiger partial charge < -0.3 is 19.7 Å². The molecule has 0 radical (unpaired) electrons. The number of nitrogens with one attached hydrogen (secondary N) is 1. The third-order valence-electron chi connectivity index (χ3n) is 6.86. The Balaban J connectivity index is 1.76. The SMILES string of the molecule is CCCCNC(=O)N(CC(=O)N(Cc1cccn1Cc1ccc(F)cc1)C1CCCCC1)CC(C)C. The Morgan fingerprint density at radius 1 is 1.11 bits per heavy atom. The van der Waals surface area contributed by atoms with E-state index in [1.807, 2.05) is 17.2 Å². The first-order chi connectivity index (χ1) is 17.4. The summed E-state index contributed by atoms with van der Waals surface area (Å²) in [7, 11) is 0. The van der Waals surface area contributed by atoms with E-state index in [1.165, 1.54) is 18.6 Å². The number of urea groups is 1. The zero-order valence-electron chi connectivity index (χ0n) is 22.2. The van der Waals surface area contributed by atoms with Gasteiger partial charge in [-0.05, 0) is 55.0 Å². The minimum absolute atomic E-state index is 0.00252. The zero-order valence-corrected chi connectivity index (χ0v) is 22.2. The molecule has 1 fully saturated rings. The maximum atomic E-state index is 13.8. The largest absolute Gasteiger partial charge is 0.345 e. The van der Waals surface area contributed by atoms with Gasteiger partial charge in [0.1, 0.15) is 12.4 Å². The maximum absolute atomic E-state index is 13.8. The van der Waals surface area contributed by atoms with Gasteiger partial charge in [-0.3, -0.25) is 4.79 Å². The molecule has 3 amide bonds. The first-order valence-corrected chi connectivity index (χ1v) is 13.6. The molecule has 0 aliphatic heterocycles. The van der Waals surface area contributed by atoms with E-state index in [2.05, 4.69) is 36.7 Å². The fraction of sp³-hybridized carbons (Fsp3) is 0.586. The summed E-state index contributed by atoms with van der Waals surface area (Å²) < 4.78 is 15.5. The van der Waals surface area contributed by atoms with Crippen molar-refractivity contribution in [2.24, 2.45) is 5.92 Å². The third-order valence-corrected chi connectivity index (χ3v) is 6.86. The van der Waals surface area contributed by atoms with Crippen molar-refractivity contribution < 1.29 is 14.0 Å². The zero-order chi connectivity index (χ0) is 25.9. The van der Waals surface area contributed by atoms with Crippen LogP contribution < -0.4 is 5.32 Å². The van der Waals surface area contributed by atoms with Gasteiger partial charge in [0.15, 0.2) is 0 Å². The monoisotopic (exact) mass is 498 g/mol. The quantitative estimate of drug-likeness (QED) is 0.376. The molecule has 7 heteroatoms. The first kappa shape index (κ1) is 27.8. The van der Waals surface area contributed by atoms with Crippen LogP contribution in [0, 0.1) is 11.7 Å². The maximum Gasteiger partial charge on any atom is 0.317 e. The van der Waals surface area contributed by atoms with E-state index in [1.54, 1.807) is 17.0 Å². The van der Waals surface area contributed by atoms with Crippen LogP contribution in [0.15, 0.2) is 42.6 Å². The van der Waals surface area contributed by atoms with E-state index < -0.39 is 0 Å². The van der Waals surface area contributed by atoms with Crippen LogP contribution in [0.5, 0.6) is 0 Å². The molecule has 0 saturated heterocycles. The van der Waals surface area contributed by atoms with Crippen LogP contribution in [0.25, 0.3) is 0 Å². The van der Waals surface area contributed by atoms with E-state index in [0.29, 0.717) is 26.2 Å². The summed E-state index contributed by atoms with van der Waals surface area (Å²) in [6.07, 6.45) is 9.39. The highest BCUT2D eigenvalue weighted by Gasteiger charge is 2.29. The first-order valence-electron chi connectivity index (χ1n) is 13.6. The molecular weight excluding hydrogens is 455 g/mol. The van der Waals surface area contributed by atoms with Gasteiger partial charge in [-0.1, -0.05) is 58.6 Å². The van der Waals surface area contributed by atoms with Crippen LogP contribution in [0.1, 0.15) is 77.0 Å². The predicted molar refractivity (Wildman–Crippen MR) is 142 cm³/mol. The van der Waals surface area contributed by atoms with E-state index in [-0.39, 0.29) is 36.3 Å². The van der Waals surface area contributed by atoms with Gasteiger partial charge >= 0.3 is 6.03 Å². The molecule has 1 saturated carbocycles. The normalized spacial score (nSPS) is 14.1. The molecule has 1 aliphatic carbocycles. The van der Waals surface area contributed by atoms with E-state index in [9.17, 15) is 14.0 Å². The van der Waals surface area contributed by atoms with Gasteiger partial charge in [-0.15, -0.1) is 0 Å². The average Bonchev–Trinajstić information content (AvgIpc) is 3.30. The third kappa shape index (κ3) is 8.38. The highest BCUT2D eigenvalue weighted by Crippen LogP contribution is 2.25. The summed E-state index contributed by atoms with van der Waals surface area (Å²) in [6, 6.07) is 10.6. The molecule has 0 atom stereocenters. The van der Waals surface area contributed by atoms with Crippen LogP contribution >= 0.6 is 0 Å². The number of halogens is 1. The number of carbonyl (C=O) groups excluding carboxylic acids is 2. The van der Waals surface area contributed by atoms with E-state index in [4.69, 9.17) is 0 Å². The van der Waals surface area contributed by atoms with Crippen LogP contribution in [0.3, 0.4) is 0 Å². The Morgan fingerprint density at radius 2 is 1.83 bits per heavy atom. The van der Waals surface area contributed by atoms with E-state index in [0.717, 1.165) is 49.8 Å². The highest BCUT2D eigenvalue weighted by molar-refractivity contribution is 5.84. The van der Waals surface area contributed by atoms with Crippen molar-refractivity contribution >= 4 is 11.9 Å². The topological polar surface area (TPSA) is 57.6 Å². The molecule has 3 rings (SSSR count). The van der Waals surface area contributed by atoms with Crippen LogP contribution in [0.2, 0.25) is 0 Å². The lowest BCUT2D eigenvalue weighted by atomic mass is 9.94. The highest BCUT2D eigenvalue weighted by atomic mass is 19.1. The molecule has 1 aromatic carbocycles. The van der Waals surface area contributed by atoms with Gasteiger partial charge in [0.25, 0.3) is 0 Å². The van der Waals surface area contributed by atoms with E-state index >= 15 is 0 Å². The van der Waals surface area contributed by atoms with Crippen molar-refractivity contribution in [2.75, 3.05) is 19.6 Å². The molecular formula is C29H43FN4O2. The van der Waals surface area contributed by atoms with Crippen molar-refractivity contribution in [3.05, 3.63) is 59.7 Å². The molecule has 2 aromatic rings. The van der Waals surface area contributed by atoms with Crippen molar-refractivity contribution in [1.82, 2.24) is 19.7 Å². The molecule has 0 spiro atoms. The van der Waals surface area contributed by atoms with Crippen LogP contribution in [0.4, 0.5) is 9.18 Å². The minimum atomic E-state index is -0.245. The molecule has 0 unspecified atom stereocenters. The summed E-state index contributed by atoms with van der Waals surface area (Å²) in [5.74, 6) is 0.0266. The standard InChI is InChI=1S/C29H43FN4O2/c1-4-5-17-31-29(36)33(19-23(2)3)22-28(35)34(26-10-7-6-8-11-26)21-27-12-9-18-32(27)20-24-13-15-25(30)16-14-24/h9,12-16,18,23,26H,4-8,10-11,17,19-22H2,1-3H3,(H,31,36). The van der Waals surface area contributed by atoms with Gasteiger partial charge in [-0.25, -0.2) is 9.18 Å². The number of rotatable bonds is 12. The predicted octanol–water partition coefficient (Wildman–Crippen LogP) is 5.80. The lowest BCUT2D eigenvalue weighted by molar-refractivity contribution is -0.135. The van der Waals surface area contributed by atoms with Crippen LogP contribution in [-0.4, -0.2) is 52.0 Å². The summed E-state index contributed by atoms with van der Waals surface area (Å²) in [5.41, 5.74) is 2.05. The van der Waals surface area contributed by atoms with Gasteiger partial charge in [-0.2, -0.15) is 0 Å². The molecule has 1 aromatic heterocycles. The average molecular weight is 499 g/mol. The number of hydrogen-bond donors (Lipinski definition) is 1. The fourth-order valence-corrected chi connectivity index (χ4v) is 4.92. The van der Waals surface area contributed by atoms with Gasteiger partial charge in [0.05, 0.1) is 6.54 Å².